The quantitative estimate of drug-likeness (QED) is 0.861. The predicted octanol–water partition coefficient (Wildman–Crippen LogP) is 1.85. The highest BCUT2D eigenvalue weighted by atomic mass is 32.1. The average molecular weight is 318 g/mol. The molecule has 1 aliphatic heterocycles. The number of nitrogens with zero attached hydrogens (tertiary/aromatic N) is 4. The van der Waals surface area contributed by atoms with Crippen molar-refractivity contribution in [3.63, 3.8) is 0 Å². The molecule has 0 aromatic carbocycles. The first-order valence-corrected chi connectivity index (χ1v) is 8.55. The van der Waals surface area contributed by atoms with Gasteiger partial charge in [-0.3, -0.25) is 9.69 Å². The second-order valence-electron chi connectivity index (χ2n) is 5.86. The smallest absolute Gasteiger partial charge is 0.241 e. The Labute approximate surface area is 132 Å². The molecular weight excluding hydrogens is 300 g/mol. The van der Waals surface area contributed by atoms with Crippen LogP contribution in [0, 0.1) is 5.92 Å². The summed E-state index contributed by atoms with van der Waals surface area (Å²) in [6, 6.07) is 3.97. The summed E-state index contributed by atoms with van der Waals surface area (Å²) in [6.45, 7) is 4.01. The molecule has 7 heteroatoms. The standard InChI is InChI=1S/C15H18N4O2S/c20-15(11-3-4-11)19-7-5-18(6-8-19)10-13-16-14(17-21-13)12-2-1-9-22-12/h1-2,9,11H,3-8,10H2. The van der Waals surface area contributed by atoms with Crippen LogP contribution in [0.2, 0.25) is 0 Å². The summed E-state index contributed by atoms with van der Waals surface area (Å²) in [5.41, 5.74) is 0. The number of hydrogen-bond acceptors (Lipinski definition) is 6. The van der Waals surface area contributed by atoms with E-state index in [1.54, 1.807) is 11.3 Å². The van der Waals surface area contributed by atoms with Crippen molar-refractivity contribution in [3.05, 3.63) is 23.4 Å². The molecule has 1 saturated carbocycles. The van der Waals surface area contributed by atoms with Gasteiger partial charge in [0, 0.05) is 32.1 Å². The van der Waals surface area contributed by atoms with Crippen LogP contribution in [0.15, 0.2) is 22.0 Å². The van der Waals surface area contributed by atoms with E-state index in [1.165, 1.54) is 0 Å². The van der Waals surface area contributed by atoms with E-state index in [2.05, 4.69) is 15.0 Å². The molecule has 0 atom stereocenters. The maximum absolute atomic E-state index is 12.0. The van der Waals surface area contributed by atoms with Crippen molar-refractivity contribution in [2.24, 2.45) is 5.92 Å². The normalized spacial score (nSPS) is 19.5. The SMILES string of the molecule is O=C(C1CC1)N1CCN(Cc2nc(-c3cccs3)no2)CC1. The fourth-order valence-electron chi connectivity index (χ4n) is 2.73. The number of aromatic nitrogens is 2. The molecule has 6 nitrogen and oxygen atoms in total. The van der Waals surface area contributed by atoms with Gasteiger partial charge in [0.05, 0.1) is 11.4 Å². The molecule has 4 rings (SSSR count). The zero-order valence-corrected chi connectivity index (χ0v) is 13.1. The van der Waals surface area contributed by atoms with Crippen LogP contribution in [-0.4, -0.2) is 52.0 Å². The van der Waals surface area contributed by atoms with Gasteiger partial charge in [-0.2, -0.15) is 4.98 Å². The molecule has 2 aromatic heterocycles. The number of amides is 1. The molecule has 2 fully saturated rings. The third kappa shape index (κ3) is 2.91. The number of carbonyl (C=O) groups excluding carboxylic acids is 1. The summed E-state index contributed by atoms with van der Waals surface area (Å²) in [6.07, 6.45) is 2.15. The molecule has 1 amide bonds. The molecule has 2 aliphatic rings. The maximum Gasteiger partial charge on any atom is 0.241 e. The second-order valence-corrected chi connectivity index (χ2v) is 6.81. The van der Waals surface area contributed by atoms with Crippen molar-refractivity contribution in [1.29, 1.82) is 0 Å². The Hall–Kier alpha value is -1.73. The zero-order valence-electron chi connectivity index (χ0n) is 12.3. The Morgan fingerprint density at radius 3 is 2.82 bits per heavy atom. The van der Waals surface area contributed by atoms with Gasteiger partial charge < -0.3 is 9.42 Å². The lowest BCUT2D eigenvalue weighted by atomic mass is 10.2. The van der Waals surface area contributed by atoms with Crippen LogP contribution in [-0.2, 0) is 11.3 Å². The molecule has 22 heavy (non-hydrogen) atoms. The summed E-state index contributed by atoms with van der Waals surface area (Å²) < 4.78 is 5.34. The first-order valence-electron chi connectivity index (χ1n) is 7.67. The monoisotopic (exact) mass is 318 g/mol. The molecule has 1 aliphatic carbocycles. The molecule has 0 N–H and O–H groups in total. The van der Waals surface area contributed by atoms with Crippen LogP contribution >= 0.6 is 11.3 Å². The third-order valence-corrected chi connectivity index (χ3v) is 5.04. The van der Waals surface area contributed by atoms with Gasteiger partial charge in [-0.1, -0.05) is 11.2 Å². The van der Waals surface area contributed by atoms with Gasteiger partial charge in [-0.25, -0.2) is 0 Å². The van der Waals surface area contributed by atoms with Crippen molar-refractivity contribution in [2.75, 3.05) is 26.2 Å². The van der Waals surface area contributed by atoms with Gasteiger partial charge >= 0.3 is 0 Å². The summed E-state index contributed by atoms with van der Waals surface area (Å²) in [7, 11) is 0. The minimum absolute atomic E-state index is 0.316. The molecule has 2 aromatic rings. The molecule has 1 saturated heterocycles. The van der Waals surface area contributed by atoms with Crippen molar-refractivity contribution in [1.82, 2.24) is 19.9 Å². The van der Waals surface area contributed by atoms with Gasteiger partial charge in [-0.05, 0) is 24.3 Å². The lowest BCUT2D eigenvalue weighted by Gasteiger charge is -2.34. The lowest BCUT2D eigenvalue weighted by molar-refractivity contribution is -0.134. The van der Waals surface area contributed by atoms with E-state index < -0.39 is 0 Å². The van der Waals surface area contributed by atoms with E-state index in [4.69, 9.17) is 4.52 Å². The highest BCUT2D eigenvalue weighted by molar-refractivity contribution is 7.13. The maximum atomic E-state index is 12.0. The van der Waals surface area contributed by atoms with E-state index in [9.17, 15) is 4.79 Å². The minimum atomic E-state index is 0.316. The van der Waals surface area contributed by atoms with Crippen LogP contribution in [0.5, 0.6) is 0 Å². The van der Waals surface area contributed by atoms with Gasteiger partial charge in [0.2, 0.25) is 17.6 Å². The fraction of sp³-hybridized carbons (Fsp3) is 0.533. The largest absolute Gasteiger partial charge is 0.340 e. The van der Waals surface area contributed by atoms with E-state index in [-0.39, 0.29) is 0 Å². The van der Waals surface area contributed by atoms with Gasteiger partial charge in [-0.15, -0.1) is 11.3 Å². The van der Waals surface area contributed by atoms with Crippen molar-refractivity contribution >= 4 is 17.2 Å². The van der Waals surface area contributed by atoms with E-state index >= 15 is 0 Å². The average Bonchev–Trinajstić information content (AvgIpc) is 3.05. The Balaban J connectivity index is 1.32. The van der Waals surface area contributed by atoms with Gasteiger partial charge in [0.25, 0.3) is 0 Å². The number of rotatable bonds is 4. The van der Waals surface area contributed by atoms with Crippen LogP contribution in [0.25, 0.3) is 10.7 Å². The second kappa shape index (κ2) is 5.81. The summed E-state index contributed by atoms with van der Waals surface area (Å²) in [5.74, 6) is 1.96. The van der Waals surface area contributed by atoms with Gasteiger partial charge in [0.1, 0.15) is 0 Å². The first-order chi connectivity index (χ1) is 10.8. The van der Waals surface area contributed by atoms with E-state index in [0.29, 0.717) is 30.1 Å². The van der Waals surface area contributed by atoms with Crippen LogP contribution < -0.4 is 0 Å². The highest BCUT2D eigenvalue weighted by Crippen LogP contribution is 2.31. The number of piperazine rings is 1. The minimum Gasteiger partial charge on any atom is -0.340 e. The summed E-state index contributed by atoms with van der Waals surface area (Å²) in [4.78, 5) is 21.8. The molecule has 0 unspecified atom stereocenters. The Kier molecular flexibility index (Phi) is 3.67. The summed E-state index contributed by atoms with van der Waals surface area (Å²) >= 11 is 1.60. The lowest BCUT2D eigenvalue weighted by Crippen LogP contribution is -2.48. The van der Waals surface area contributed by atoms with E-state index in [1.807, 2.05) is 22.4 Å². The number of hydrogen-bond donors (Lipinski definition) is 0. The topological polar surface area (TPSA) is 62.5 Å². The first kappa shape index (κ1) is 13.9. The summed E-state index contributed by atoms with van der Waals surface area (Å²) in [5, 5.41) is 6.03. The van der Waals surface area contributed by atoms with Crippen LogP contribution in [0.3, 0.4) is 0 Å². The molecule has 3 heterocycles. The third-order valence-electron chi connectivity index (χ3n) is 4.18. The zero-order chi connectivity index (χ0) is 14.9. The Bertz CT molecular complexity index is 642. The predicted molar refractivity (Wildman–Crippen MR) is 82.2 cm³/mol. The fourth-order valence-corrected chi connectivity index (χ4v) is 3.38. The molecule has 0 spiro atoms. The number of carbonyl (C=O) groups is 1. The highest BCUT2D eigenvalue weighted by Gasteiger charge is 2.34. The Morgan fingerprint density at radius 1 is 1.32 bits per heavy atom. The molecule has 0 bridgehead atoms. The van der Waals surface area contributed by atoms with Gasteiger partial charge in [0.15, 0.2) is 0 Å². The molecule has 116 valence electrons. The number of thiophene rings is 1. The van der Waals surface area contributed by atoms with Crippen LogP contribution in [0.4, 0.5) is 0 Å². The van der Waals surface area contributed by atoms with Crippen molar-refractivity contribution < 1.29 is 9.32 Å². The Morgan fingerprint density at radius 2 is 2.14 bits per heavy atom. The van der Waals surface area contributed by atoms with E-state index in [0.717, 1.165) is 43.9 Å². The van der Waals surface area contributed by atoms with Crippen LogP contribution in [0.1, 0.15) is 18.7 Å². The molecular formula is C15H18N4O2S. The van der Waals surface area contributed by atoms with Crippen molar-refractivity contribution in [2.45, 2.75) is 19.4 Å². The van der Waals surface area contributed by atoms with Crippen molar-refractivity contribution in [3.8, 4) is 10.7 Å². The molecule has 0 radical (unpaired) electrons.